The first-order valence-corrected chi connectivity index (χ1v) is 18.1. The molecule has 0 aromatic heterocycles. The first-order valence-electron chi connectivity index (χ1n) is 18.1. The molecule has 1 heteroatoms. The molecule has 8 aromatic carbocycles. The van der Waals surface area contributed by atoms with Gasteiger partial charge in [-0.3, -0.25) is 0 Å². The van der Waals surface area contributed by atoms with Crippen LogP contribution in [0.1, 0.15) is 49.9 Å². The minimum atomic E-state index is -0.0975. The number of benzene rings is 8. The van der Waals surface area contributed by atoms with Gasteiger partial charge in [0.15, 0.2) is 0 Å². The van der Waals surface area contributed by atoms with Crippen molar-refractivity contribution in [2.24, 2.45) is 0 Å². The molecule has 1 nitrogen and oxygen atoms in total. The Bertz CT molecular complexity index is 2690. The highest BCUT2D eigenvalue weighted by Crippen LogP contribution is 2.54. The van der Waals surface area contributed by atoms with Gasteiger partial charge in [0.1, 0.15) is 0 Å². The van der Waals surface area contributed by atoms with Crippen LogP contribution in [0.4, 0.5) is 17.1 Å². The molecule has 0 amide bonds. The van der Waals surface area contributed by atoms with Gasteiger partial charge < -0.3 is 4.90 Å². The molecule has 0 saturated carbocycles. The van der Waals surface area contributed by atoms with Gasteiger partial charge in [-0.2, -0.15) is 0 Å². The molecular formula is C50H39N. The Morgan fingerprint density at radius 1 is 0.373 bits per heavy atom. The zero-order valence-electron chi connectivity index (χ0n) is 29.5. The van der Waals surface area contributed by atoms with Gasteiger partial charge >= 0.3 is 0 Å². The molecule has 8 aromatic rings. The van der Waals surface area contributed by atoms with E-state index in [2.05, 4.69) is 196 Å². The van der Waals surface area contributed by atoms with Crippen LogP contribution >= 0.6 is 0 Å². The lowest BCUT2D eigenvalue weighted by molar-refractivity contribution is 0.660. The van der Waals surface area contributed by atoms with E-state index in [9.17, 15) is 0 Å². The molecule has 0 fully saturated rings. The van der Waals surface area contributed by atoms with E-state index < -0.39 is 0 Å². The lowest BCUT2D eigenvalue weighted by Gasteiger charge is -2.30. The lowest BCUT2D eigenvalue weighted by atomic mass is 9.80. The van der Waals surface area contributed by atoms with Gasteiger partial charge in [-0.05, 0) is 108 Å². The monoisotopic (exact) mass is 653 g/mol. The molecular weight excluding hydrogens is 615 g/mol. The van der Waals surface area contributed by atoms with Crippen LogP contribution in [0.5, 0.6) is 0 Å². The maximum Gasteiger partial charge on any atom is 0.0540 e. The molecule has 0 unspecified atom stereocenters. The molecule has 2 aliphatic rings. The number of hydrogen-bond acceptors (Lipinski definition) is 1. The average Bonchev–Trinajstić information content (AvgIpc) is 3.55. The Kier molecular flexibility index (Phi) is 6.34. The first-order chi connectivity index (χ1) is 24.8. The summed E-state index contributed by atoms with van der Waals surface area (Å²) in [6.45, 7) is 9.50. The average molecular weight is 654 g/mol. The second kappa shape index (κ2) is 10.8. The van der Waals surface area contributed by atoms with Crippen LogP contribution < -0.4 is 4.90 Å². The summed E-state index contributed by atoms with van der Waals surface area (Å²) in [5.74, 6) is 0. The van der Waals surface area contributed by atoms with Gasteiger partial charge in [0.05, 0.1) is 5.69 Å². The lowest BCUT2D eigenvalue weighted by Crippen LogP contribution is -2.17. The minimum absolute atomic E-state index is 0.0943. The van der Waals surface area contributed by atoms with Crippen LogP contribution in [-0.2, 0) is 10.8 Å². The smallest absolute Gasteiger partial charge is 0.0540 e. The van der Waals surface area contributed by atoms with E-state index in [4.69, 9.17) is 0 Å². The zero-order valence-corrected chi connectivity index (χ0v) is 29.5. The van der Waals surface area contributed by atoms with E-state index in [1.54, 1.807) is 0 Å². The SMILES string of the molecule is CC1(C)c2ccccc2-c2ccc(N(c3ccc(-c4ccc5ccccc5c4)cc3)c3cccc4c5c(ccc34)-c3ccccc3C5(C)C)cc21. The largest absolute Gasteiger partial charge is 0.310 e. The molecule has 0 heterocycles. The number of fused-ring (bicyclic) bond motifs is 9. The van der Waals surface area contributed by atoms with Crippen LogP contribution in [0.2, 0.25) is 0 Å². The third-order valence-electron chi connectivity index (χ3n) is 11.8. The van der Waals surface area contributed by atoms with Gasteiger partial charge in [0.2, 0.25) is 0 Å². The molecule has 10 rings (SSSR count). The molecule has 0 atom stereocenters. The Hall–Kier alpha value is -5.92. The summed E-state index contributed by atoms with van der Waals surface area (Å²) in [5.41, 5.74) is 16.7. The number of hydrogen-bond donors (Lipinski definition) is 0. The van der Waals surface area contributed by atoms with Crippen molar-refractivity contribution in [1.29, 1.82) is 0 Å². The fourth-order valence-corrected chi connectivity index (χ4v) is 9.26. The van der Waals surface area contributed by atoms with E-state index in [-0.39, 0.29) is 10.8 Å². The van der Waals surface area contributed by atoms with Crippen molar-refractivity contribution in [3.8, 4) is 33.4 Å². The molecule has 2 aliphatic carbocycles. The van der Waals surface area contributed by atoms with Crippen LogP contribution in [0.25, 0.3) is 54.9 Å². The highest BCUT2D eigenvalue weighted by atomic mass is 15.1. The predicted octanol–water partition coefficient (Wildman–Crippen LogP) is 13.7. The fourth-order valence-electron chi connectivity index (χ4n) is 9.26. The van der Waals surface area contributed by atoms with Crippen molar-refractivity contribution >= 4 is 38.6 Å². The summed E-state index contributed by atoms with van der Waals surface area (Å²) in [6.07, 6.45) is 0. The van der Waals surface area contributed by atoms with Gasteiger partial charge in [-0.1, -0.05) is 155 Å². The van der Waals surface area contributed by atoms with Crippen LogP contribution in [-0.4, -0.2) is 0 Å². The Morgan fingerprint density at radius 2 is 0.980 bits per heavy atom. The Labute approximate surface area is 300 Å². The van der Waals surface area contributed by atoms with E-state index in [1.807, 2.05) is 0 Å². The standard InChI is InChI=1S/C50H39N/c1-49(2)44-17-9-7-14-38(44)40-27-26-37(31-46(40)49)51(36-24-22-33(23-25-36)35-21-20-32-12-5-6-13-34(32)30-35)47-19-11-16-42-41(47)28-29-43-39-15-8-10-18-45(39)50(3,4)48(42)43/h5-31H,1-4H3. The summed E-state index contributed by atoms with van der Waals surface area (Å²) < 4.78 is 0. The normalized spacial score (nSPS) is 14.6. The molecule has 0 saturated heterocycles. The van der Waals surface area contributed by atoms with Crippen molar-refractivity contribution in [3.63, 3.8) is 0 Å². The minimum Gasteiger partial charge on any atom is -0.310 e. The Balaban J connectivity index is 1.17. The van der Waals surface area contributed by atoms with Crippen molar-refractivity contribution in [3.05, 3.63) is 186 Å². The van der Waals surface area contributed by atoms with Crippen molar-refractivity contribution in [2.75, 3.05) is 4.90 Å². The second-order valence-corrected chi connectivity index (χ2v) is 15.4. The zero-order chi connectivity index (χ0) is 34.5. The molecule has 0 bridgehead atoms. The fraction of sp³-hybridized carbons (Fsp3) is 0.120. The van der Waals surface area contributed by atoms with Crippen molar-refractivity contribution < 1.29 is 0 Å². The van der Waals surface area contributed by atoms with Gasteiger partial charge in [-0.25, -0.2) is 0 Å². The van der Waals surface area contributed by atoms with Crippen LogP contribution in [0, 0.1) is 0 Å². The van der Waals surface area contributed by atoms with Crippen molar-refractivity contribution in [1.82, 2.24) is 0 Å². The third kappa shape index (κ3) is 4.34. The highest BCUT2D eigenvalue weighted by Gasteiger charge is 2.38. The van der Waals surface area contributed by atoms with Gasteiger partial charge in [-0.15, -0.1) is 0 Å². The summed E-state index contributed by atoms with van der Waals surface area (Å²) in [7, 11) is 0. The van der Waals surface area contributed by atoms with E-state index in [0.717, 1.165) is 5.69 Å². The second-order valence-electron chi connectivity index (χ2n) is 15.4. The molecule has 0 aliphatic heterocycles. The number of rotatable bonds is 4. The molecule has 244 valence electrons. The highest BCUT2D eigenvalue weighted by molar-refractivity contribution is 6.05. The molecule has 0 radical (unpaired) electrons. The maximum absolute atomic E-state index is 2.48. The van der Waals surface area contributed by atoms with E-state index in [0.29, 0.717) is 0 Å². The van der Waals surface area contributed by atoms with Crippen LogP contribution in [0.3, 0.4) is 0 Å². The molecule has 0 spiro atoms. The first kappa shape index (κ1) is 29.9. The molecule has 0 N–H and O–H groups in total. The third-order valence-corrected chi connectivity index (χ3v) is 11.8. The quantitative estimate of drug-likeness (QED) is 0.183. The number of anilines is 3. The predicted molar refractivity (Wildman–Crippen MR) is 217 cm³/mol. The van der Waals surface area contributed by atoms with Gasteiger partial charge in [0.25, 0.3) is 0 Å². The van der Waals surface area contributed by atoms with Crippen molar-refractivity contribution in [2.45, 2.75) is 38.5 Å². The summed E-state index contributed by atoms with van der Waals surface area (Å²) in [6, 6.07) is 61.0. The van der Waals surface area contributed by atoms with E-state index >= 15 is 0 Å². The summed E-state index contributed by atoms with van der Waals surface area (Å²) >= 11 is 0. The van der Waals surface area contributed by atoms with Gasteiger partial charge in [0, 0.05) is 27.6 Å². The number of nitrogens with zero attached hydrogens (tertiary/aromatic N) is 1. The van der Waals surface area contributed by atoms with E-state index in [1.165, 1.54) is 88.6 Å². The topological polar surface area (TPSA) is 3.24 Å². The summed E-state index contributed by atoms with van der Waals surface area (Å²) in [5, 5.41) is 5.10. The van der Waals surface area contributed by atoms with Crippen LogP contribution in [0.15, 0.2) is 164 Å². The maximum atomic E-state index is 2.48. The molecule has 51 heavy (non-hydrogen) atoms. The Morgan fingerprint density at radius 3 is 1.76 bits per heavy atom. The summed E-state index contributed by atoms with van der Waals surface area (Å²) in [4.78, 5) is 2.48.